The number of hydrogen-bond acceptors (Lipinski definition) is 9. The van der Waals surface area contributed by atoms with Crippen LogP contribution in [-0.2, 0) is 19.1 Å². The van der Waals surface area contributed by atoms with Crippen LogP contribution in [0.25, 0.3) is 10.2 Å². The summed E-state index contributed by atoms with van der Waals surface area (Å²) in [5.74, 6) is -1.19. The molecular formula is C36H42BrN5O7S. The zero-order chi connectivity index (χ0) is 35.5. The molecule has 2 aliphatic heterocycles. The average Bonchev–Trinajstić information content (AvgIpc) is 3.37. The van der Waals surface area contributed by atoms with Crippen molar-refractivity contribution >= 4 is 61.3 Å². The van der Waals surface area contributed by atoms with Gasteiger partial charge in [0.2, 0.25) is 11.8 Å². The lowest BCUT2D eigenvalue weighted by Gasteiger charge is -2.30. The Hall–Kier alpha value is -4.17. The van der Waals surface area contributed by atoms with Crippen molar-refractivity contribution < 1.29 is 33.5 Å². The van der Waals surface area contributed by atoms with Crippen molar-refractivity contribution in [1.82, 2.24) is 26.0 Å². The number of nitrogens with one attached hydrogen (secondary N) is 3. The minimum Gasteiger partial charge on any atom is -0.465 e. The normalized spacial score (nSPS) is 26.4. The van der Waals surface area contributed by atoms with E-state index in [1.54, 1.807) is 45.0 Å². The third kappa shape index (κ3) is 8.58. The lowest BCUT2D eigenvalue weighted by atomic mass is 10.0. The van der Waals surface area contributed by atoms with Crippen LogP contribution in [0.4, 0.5) is 4.79 Å². The fraction of sp³-hybridized carbons (Fsp3) is 0.472. The molecule has 0 unspecified atom stereocenters. The van der Waals surface area contributed by atoms with E-state index in [2.05, 4.69) is 37.0 Å². The van der Waals surface area contributed by atoms with Gasteiger partial charge in [0.15, 0.2) is 5.75 Å². The quantitative estimate of drug-likeness (QED) is 0.211. The first-order chi connectivity index (χ1) is 23.9. The number of aromatic nitrogens is 1. The summed E-state index contributed by atoms with van der Waals surface area (Å²) in [6.07, 6.45) is 6.79. The van der Waals surface area contributed by atoms with Crippen LogP contribution >= 0.6 is 27.3 Å². The maximum absolute atomic E-state index is 14.3. The SMILES string of the molecule is CC(C)(C)OC(=O)N[C@H]1CCCCC/C=C\[C@@H]2C[C@@]2(C(=O)NOc2ccccc2)NC(=O)[C@@H]2C[C@@H](Oc3nc4ccc(Br)cc4s3)CN2C1=O. The molecule has 2 aromatic carbocycles. The molecule has 3 aliphatic rings. The van der Waals surface area contributed by atoms with E-state index in [1.807, 2.05) is 36.4 Å². The first-order valence-electron chi connectivity index (χ1n) is 16.9. The van der Waals surface area contributed by atoms with Crippen molar-refractivity contribution in [2.45, 2.75) is 95.0 Å². The smallest absolute Gasteiger partial charge is 0.408 e. The van der Waals surface area contributed by atoms with Gasteiger partial charge in [-0.1, -0.05) is 70.5 Å². The number of hydrogen-bond donors (Lipinski definition) is 3. The highest BCUT2D eigenvalue weighted by Crippen LogP contribution is 2.45. The minimum atomic E-state index is -1.26. The molecule has 266 valence electrons. The second kappa shape index (κ2) is 15.0. The number of carbonyl (C=O) groups is 4. The molecule has 3 aromatic rings. The molecule has 5 atom stereocenters. The number of carbonyl (C=O) groups excluding carboxylic acids is 4. The number of allylic oxidation sites excluding steroid dienone is 1. The molecule has 1 aromatic heterocycles. The van der Waals surface area contributed by atoms with Gasteiger partial charge in [0, 0.05) is 16.8 Å². The van der Waals surface area contributed by atoms with Gasteiger partial charge >= 0.3 is 6.09 Å². The van der Waals surface area contributed by atoms with E-state index in [9.17, 15) is 19.2 Å². The number of amides is 4. The topological polar surface area (TPSA) is 148 Å². The van der Waals surface area contributed by atoms with E-state index in [4.69, 9.17) is 14.3 Å². The second-order valence-corrected chi connectivity index (χ2v) is 15.9. The van der Waals surface area contributed by atoms with Crippen LogP contribution in [0, 0.1) is 5.92 Å². The fourth-order valence-corrected chi connectivity index (χ4v) is 7.80. The second-order valence-electron chi connectivity index (χ2n) is 14.0. The molecule has 0 bridgehead atoms. The Morgan fingerprint density at radius 1 is 1.10 bits per heavy atom. The monoisotopic (exact) mass is 767 g/mol. The Morgan fingerprint density at radius 3 is 2.68 bits per heavy atom. The van der Waals surface area contributed by atoms with Crippen molar-refractivity contribution in [3.8, 4) is 10.9 Å². The molecule has 0 radical (unpaired) electrons. The summed E-state index contributed by atoms with van der Waals surface area (Å²) < 4.78 is 13.7. The third-order valence-electron chi connectivity index (χ3n) is 8.94. The Morgan fingerprint density at radius 2 is 1.90 bits per heavy atom. The van der Waals surface area contributed by atoms with Crippen LogP contribution < -0.4 is 25.7 Å². The van der Waals surface area contributed by atoms with E-state index in [-0.39, 0.29) is 18.9 Å². The summed E-state index contributed by atoms with van der Waals surface area (Å²) in [5.41, 5.74) is 1.28. The molecule has 3 heterocycles. The summed E-state index contributed by atoms with van der Waals surface area (Å²) >= 11 is 4.86. The molecule has 6 rings (SSSR count). The molecule has 1 aliphatic carbocycles. The molecule has 1 saturated heterocycles. The molecule has 2 fully saturated rings. The summed E-state index contributed by atoms with van der Waals surface area (Å²) in [7, 11) is 0. The summed E-state index contributed by atoms with van der Waals surface area (Å²) in [4.78, 5) is 66.8. The summed E-state index contributed by atoms with van der Waals surface area (Å²) in [5, 5.41) is 6.19. The molecule has 0 spiro atoms. The number of alkyl carbamates (subject to hydrolysis) is 1. The molecule has 4 amide bonds. The van der Waals surface area contributed by atoms with Crippen LogP contribution in [0.2, 0.25) is 0 Å². The molecule has 12 nitrogen and oxygen atoms in total. The van der Waals surface area contributed by atoms with Gasteiger partial charge in [-0.25, -0.2) is 9.78 Å². The zero-order valence-corrected chi connectivity index (χ0v) is 30.7. The lowest BCUT2D eigenvalue weighted by molar-refractivity contribution is -0.142. The van der Waals surface area contributed by atoms with Crippen LogP contribution in [0.3, 0.4) is 0 Å². The highest BCUT2D eigenvalue weighted by molar-refractivity contribution is 9.10. The first kappa shape index (κ1) is 35.6. The Labute approximate surface area is 303 Å². The maximum Gasteiger partial charge on any atom is 0.408 e. The number of para-hydroxylation sites is 1. The van der Waals surface area contributed by atoms with Gasteiger partial charge in [0.25, 0.3) is 11.1 Å². The minimum absolute atomic E-state index is 0.0860. The van der Waals surface area contributed by atoms with E-state index in [0.717, 1.165) is 34.0 Å². The standard InChI is InChI=1S/C36H42BrN5O7S/c1-35(2,3)48-33(46)38-27-15-11-6-4-5-8-12-22-20-36(22,32(45)41-49-24-13-9-7-10-14-24)40-30(43)28-19-25(21-42(28)31(27)44)47-34-39-26-17-16-23(37)18-29(26)50-34/h7-10,12-14,16-18,22,25,27-28H,4-6,11,15,19-21H2,1-3H3,(H,38,46)(H,40,43)(H,41,45)/b12-8-/t22-,25-,27+,28+,36-/m1/s1. The van der Waals surface area contributed by atoms with Crippen molar-refractivity contribution in [2.24, 2.45) is 5.92 Å². The third-order valence-corrected chi connectivity index (χ3v) is 10.3. The van der Waals surface area contributed by atoms with Crippen molar-refractivity contribution in [3.05, 3.63) is 65.2 Å². The highest BCUT2D eigenvalue weighted by atomic mass is 79.9. The van der Waals surface area contributed by atoms with Crippen molar-refractivity contribution in [1.29, 1.82) is 0 Å². The number of nitrogens with zero attached hydrogens (tertiary/aromatic N) is 2. The van der Waals surface area contributed by atoms with Crippen molar-refractivity contribution in [2.75, 3.05) is 6.54 Å². The summed E-state index contributed by atoms with van der Waals surface area (Å²) in [6, 6.07) is 12.7. The van der Waals surface area contributed by atoms with Crippen LogP contribution in [0.1, 0.15) is 65.7 Å². The van der Waals surface area contributed by atoms with Crippen LogP contribution in [-0.4, -0.2) is 69.6 Å². The molecule has 14 heteroatoms. The van der Waals surface area contributed by atoms with E-state index in [0.29, 0.717) is 30.2 Å². The predicted molar refractivity (Wildman–Crippen MR) is 191 cm³/mol. The van der Waals surface area contributed by atoms with E-state index >= 15 is 0 Å². The van der Waals surface area contributed by atoms with Gasteiger partial charge in [-0.15, -0.1) is 0 Å². The number of fused-ring (bicyclic) bond motifs is 3. The summed E-state index contributed by atoms with van der Waals surface area (Å²) in [6.45, 7) is 5.35. The van der Waals surface area contributed by atoms with Crippen LogP contribution in [0.5, 0.6) is 10.9 Å². The Kier molecular flexibility index (Phi) is 10.7. The fourth-order valence-electron chi connectivity index (χ4n) is 6.37. The molecule has 50 heavy (non-hydrogen) atoms. The number of hydroxylamine groups is 1. The molecular weight excluding hydrogens is 726 g/mol. The van der Waals surface area contributed by atoms with Gasteiger partial charge in [0.05, 0.1) is 16.8 Å². The van der Waals surface area contributed by atoms with Crippen LogP contribution in [0.15, 0.2) is 65.2 Å². The van der Waals surface area contributed by atoms with Gasteiger partial charge in [0.1, 0.15) is 29.3 Å². The molecule has 1 saturated carbocycles. The lowest BCUT2D eigenvalue weighted by Crippen LogP contribution is -2.58. The zero-order valence-electron chi connectivity index (χ0n) is 28.3. The number of thiazole rings is 1. The largest absolute Gasteiger partial charge is 0.465 e. The van der Waals surface area contributed by atoms with Gasteiger partial charge < -0.3 is 29.8 Å². The van der Waals surface area contributed by atoms with E-state index < -0.39 is 53.1 Å². The number of halogens is 1. The Bertz CT molecular complexity index is 1760. The maximum atomic E-state index is 14.3. The number of benzene rings is 2. The number of ether oxygens (including phenoxy) is 2. The first-order valence-corrected chi connectivity index (χ1v) is 18.5. The van der Waals surface area contributed by atoms with Gasteiger partial charge in [-0.05, 0) is 76.8 Å². The van der Waals surface area contributed by atoms with Gasteiger partial charge in [-0.3, -0.25) is 14.4 Å². The van der Waals surface area contributed by atoms with Crippen molar-refractivity contribution in [3.63, 3.8) is 0 Å². The number of rotatable bonds is 6. The average molecular weight is 769 g/mol. The van der Waals surface area contributed by atoms with Gasteiger partial charge in [-0.2, -0.15) is 5.48 Å². The van der Waals surface area contributed by atoms with E-state index in [1.165, 1.54) is 16.2 Å². The highest BCUT2D eigenvalue weighted by Gasteiger charge is 2.61. The predicted octanol–water partition coefficient (Wildman–Crippen LogP) is 5.81. The Balaban J connectivity index is 1.27. The molecule has 3 N–H and O–H groups in total.